The molecule has 0 bridgehead atoms. The Morgan fingerprint density at radius 2 is 2.00 bits per heavy atom. The molecule has 0 saturated carbocycles. The summed E-state index contributed by atoms with van der Waals surface area (Å²) in [5.41, 5.74) is 4.69. The highest BCUT2D eigenvalue weighted by Crippen LogP contribution is 2.28. The van der Waals surface area contributed by atoms with Crippen molar-refractivity contribution in [2.45, 2.75) is 18.9 Å². The number of hydrogen-bond acceptors (Lipinski definition) is 7. The molecule has 8 heteroatoms. The number of H-pyrrole nitrogens is 1. The van der Waals surface area contributed by atoms with E-state index >= 15 is 0 Å². The number of nitriles is 1. The van der Waals surface area contributed by atoms with Gasteiger partial charge in [0.05, 0.1) is 41.8 Å². The van der Waals surface area contributed by atoms with E-state index in [9.17, 15) is 5.26 Å². The van der Waals surface area contributed by atoms with Crippen LogP contribution in [0.25, 0.3) is 22.3 Å². The van der Waals surface area contributed by atoms with E-state index in [2.05, 4.69) is 31.3 Å². The highest BCUT2D eigenvalue weighted by atomic mass is 16.5. The summed E-state index contributed by atoms with van der Waals surface area (Å²) in [5.74, 6) is 1.06. The van der Waals surface area contributed by atoms with Gasteiger partial charge >= 0.3 is 0 Å². The number of rotatable bonds is 5. The molecule has 8 nitrogen and oxygen atoms in total. The molecule has 2 aromatic heterocycles. The summed E-state index contributed by atoms with van der Waals surface area (Å²) in [6.45, 7) is 1.38. The molecule has 1 fully saturated rings. The minimum Gasteiger partial charge on any atom is -0.489 e. The van der Waals surface area contributed by atoms with Crippen molar-refractivity contribution in [1.82, 2.24) is 19.9 Å². The molecule has 1 aliphatic rings. The van der Waals surface area contributed by atoms with Crippen molar-refractivity contribution in [3.05, 3.63) is 60.6 Å². The molecule has 5 rings (SSSR count). The van der Waals surface area contributed by atoms with Gasteiger partial charge in [-0.3, -0.25) is 0 Å². The van der Waals surface area contributed by atoms with Crippen molar-refractivity contribution in [3.8, 4) is 23.1 Å². The lowest BCUT2D eigenvalue weighted by Gasteiger charge is -2.23. The summed E-state index contributed by atoms with van der Waals surface area (Å²) < 4.78 is 11.4. The van der Waals surface area contributed by atoms with Crippen LogP contribution in [0.1, 0.15) is 18.4 Å². The van der Waals surface area contributed by atoms with Gasteiger partial charge in [0, 0.05) is 30.3 Å². The molecule has 4 aromatic rings. The van der Waals surface area contributed by atoms with Crippen LogP contribution < -0.4 is 10.1 Å². The van der Waals surface area contributed by atoms with Crippen molar-refractivity contribution in [2.24, 2.45) is 0 Å². The van der Waals surface area contributed by atoms with Gasteiger partial charge in [-0.25, -0.2) is 15.0 Å². The topological polar surface area (TPSA) is 109 Å². The summed E-state index contributed by atoms with van der Waals surface area (Å²) in [6, 6.07) is 15.4. The predicted octanol–water partition coefficient (Wildman–Crippen LogP) is 4.19. The Labute approximate surface area is 178 Å². The standard InChI is InChI=1S/C23H20N6O2/c24-13-16-11-15(1-4-22(16)31-18-6-9-30-10-7-18)19-5-8-25-23(29-19)28-17-2-3-20-21(12-17)27-14-26-20/h1-5,8,11-12,14,18H,6-7,9-10H2,(H,26,27)(H,25,28,29). The van der Waals surface area contributed by atoms with Crippen LogP contribution >= 0.6 is 0 Å². The Kier molecular flexibility index (Phi) is 5.17. The normalized spacial score (nSPS) is 14.3. The number of ether oxygens (including phenoxy) is 2. The molecule has 0 amide bonds. The first-order chi connectivity index (χ1) is 15.3. The number of imidazole rings is 1. The second kappa shape index (κ2) is 8.42. The zero-order valence-electron chi connectivity index (χ0n) is 16.7. The number of hydrogen-bond donors (Lipinski definition) is 2. The van der Waals surface area contributed by atoms with Crippen molar-refractivity contribution < 1.29 is 9.47 Å². The lowest BCUT2D eigenvalue weighted by Crippen LogP contribution is -2.26. The van der Waals surface area contributed by atoms with Gasteiger partial charge in [-0.2, -0.15) is 5.26 Å². The van der Waals surface area contributed by atoms with E-state index in [-0.39, 0.29) is 6.10 Å². The maximum absolute atomic E-state index is 9.63. The van der Waals surface area contributed by atoms with Crippen LogP contribution in [0.4, 0.5) is 11.6 Å². The van der Waals surface area contributed by atoms with E-state index in [1.54, 1.807) is 18.6 Å². The highest BCUT2D eigenvalue weighted by Gasteiger charge is 2.17. The van der Waals surface area contributed by atoms with E-state index < -0.39 is 0 Å². The summed E-state index contributed by atoms with van der Waals surface area (Å²) in [5, 5.41) is 12.8. The Morgan fingerprint density at radius 3 is 2.87 bits per heavy atom. The number of benzene rings is 2. The van der Waals surface area contributed by atoms with Gasteiger partial charge in [-0.15, -0.1) is 0 Å². The molecule has 3 heterocycles. The third-order valence-electron chi connectivity index (χ3n) is 5.19. The van der Waals surface area contributed by atoms with E-state index in [1.807, 2.05) is 36.4 Å². The molecular weight excluding hydrogens is 392 g/mol. The van der Waals surface area contributed by atoms with Crippen molar-refractivity contribution in [1.29, 1.82) is 5.26 Å². The maximum Gasteiger partial charge on any atom is 0.227 e. The van der Waals surface area contributed by atoms with Crippen molar-refractivity contribution in [2.75, 3.05) is 18.5 Å². The average Bonchev–Trinajstić information content (AvgIpc) is 3.28. The fourth-order valence-corrected chi connectivity index (χ4v) is 3.57. The van der Waals surface area contributed by atoms with Crippen LogP contribution in [-0.2, 0) is 4.74 Å². The first-order valence-electron chi connectivity index (χ1n) is 10.1. The van der Waals surface area contributed by atoms with Crippen LogP contribution in [0.3, 0.4) is 0 Å². The largest absolute Gasteiger partial charge is 0.489 e. The van der Waals surface area contributed by atoms with E-state index in [1.165, 1.54) is 0 Å². The van der Waals surface area contributed by atoms with Gasteiger partial charge < -0.3 is 19.8 Å². The zero-order chi connectivity index (χ0) is 21.0. The number of fused-ring (bicyclic) bond motifs is 1. The minimum atomic E-state index is 0.0772. The molecule has 0 spiro atoms. The van der Waals surface area contributed by atoms with E-state index in [0.717, 1.165) is 35.1 Å². The number of nitrogens with one attached hydrogen (secondary N) is 2. The highest BCUT2D eigenvalue weighted by molar-refractivity contribution is 5.79. The first kappa shape index (κ1) is 19.0. The lowest BCUT2D eigenvalue weighted by molar-refractivity contribution is 0.0254. The third kappa shape index (κ3) is 4.17. The Morgan fingerprint density at radius 1 is 1.10 bits per heavy atom. The average molecular weight is 412 g/mol. The molecular formula is C23H20N6O2. The van der Waals surface area contributed by atoms with E-state index in [4.69, 9.17) is 9.47 Å². The van der Waals surface area contributed by atoms with E-state index in [0.29, 0.717) is 36.2 Å². The molecule has 1 saturated heterocycles. The third-order valence-corrected chi connectivity index (χ3v) is 5.19. The summed E-state index contributed by atoms with van der Waals surface area (Å²) >= 11 is 0. The molecule has 1 aliphatic heterocycles. The van der Waals surface area contributed by atoms with Crippen LogP contribution in [0.2, 0.25) is 0 Å². The predicted molar refractivity (Wildman–Crippen MR) is 116 cm³/mol. The van der Waals surface area contributed by atoms with Crippen LogP contribution in [0.15, 0.2) is 55.0 Å². The molecule has 2 N–H and O–H groups in total. The minimum absolute atomic E-state index is 0.0772. The number of anilines is 2. The molecule has 0 radical (unpaired) electrons. The van der Waals surface area contributed by atoms with Crippen LogP contribution in [0.5, 0.6) is 5.75 Å². The van der Waals surface area contributed by atoms with Gasteiger partial charge in [0.1, 0.15) is 17.9 Å². The number of aromatic amines is 1. The molecule has 0 atom stereocenters. The summed E-state index contributed by atoms with van der Waals surface area (Å²) in [4.78, 5) is 16.3. The second-order valence-corrected chi connectivity index (χ2v) is 7.28. The quantitative estimate of drug-likeness (QED) is 0.506. The SMILES string of the molecule is N#Cc1cc(-c2ccnc(Nc3ccc4[nH]cnc4c3)n2)ccc1OC1CCOCC1. The molecule has 0 unspecified atom stereocenters. The van der Waals surface area contributed by atoms with Crippen molar-refractivity contribution in [3.63, 3.8) is 0 Å². The molecule has 2 aromatic carbocycles. The zero-order valence-corrected chi connectivity index (χ0v) is 16.7. The number of nitrogens with zero attached hydrogens (tertiary/aromatic N) is 4. The molecule has 31 heavy (non-hydrogen) atoms. The van der Waals surface area contributed by atoms with Crippen LogP contribution in [-0.4, -0.2) is 39.3 Å². The van der Waals surface area contributed by atoms with Gasteiger partial charge in [-0.05, 0) is 42.5 Å². The Bertz CT molecular complexity index is 1260. The maximum atomic E-state index is 9.63. The fraction of sp³-hybridized carbons (Fsp3) is 0.217. The molecule has 0 aliphatic carbocycles. The second-order valence-electron chi connectivity index (χ2n) is 7.28. The van der Waals surface area contributed by atoms with Crippen molar-refractivity contribution >= 4 is 22.7 Å². The fourth-order valence-electron chi connectivity index (χ4n) is 3.57. The smallest absolute Gasteiger partial charge is 0.227 e. The summed E-state index contributed by atoms with van der Waals surface area (Å²) in [7, 11) is 0. The number of aromatic nitrogens is 4. The lowest BCUT2D eigenvalue weighted by atomic mass is 10.1. The summed E-state index contributed by atoms with van der Waals surface area (Å²) in [6.07, 6.45) is 5.09. The molecule has 154 valence electrons. The Hall–Kier alpha value is -3.96. The van der Waals surface area contributed by atoms with Gasteiger partial charge in [0.15, 0.2) is 0 Å². The van der Waals surface area contributed by atoms with Gasteiger partial charge in [0.2, 0.25) is 5.95 Å². The monoisotopic (exact) mass is 412 g/mol. The van der Waals surface area contributed by atoms with Gasteiger partial charge in [-0.1, -0.05) is 0 Å². The van der Waals surface area contributed by atoms with Gasteiger partial charge in [0.25, 0.3) is 0 Å². The van der Waals surface area contributed by atoms with Crippen LogP contribution in [0, 0.1) is 11.3 Å². The first-order valence-corrected chi connectivity index (χ1v) is 10.1. The Balaban J connectivity index is 1.37.